The molecular formula is C8H15F3O. The Morgan fingerprint density at radius 2 is 1.67 bits per heavy atom. The van der Waals surface area contributed by atoms with Crippen LogP contribution in [0.15, 0.2) is 0 Å². The summed E-state index contributed by atoms with van der Waals surface area (Å²) in [5.41, 5.74) is -1.00. The van der Waals surface area contributed by atoms with Crippen LogP contribution in [0.5, 0.6) is 0 Å². The molecule has 4 heteroatoms. The molecule has 1 nitrogen and oxygen atoms in total. The molecule has 0 aliphatic heterocycles. The van der Waals surface area contributed by atoms with Gasteiger partial charge in [-0.3, -0.25) is 0 Å². The molecule has 0 aromatic rings. The number of alkyl halides is 3. The zero-order valence-electron chi connectivity index (χ0n) is 7.57. The Labute approximate surface area is 70.6 Å². The molecule has 0 aliphatic rings. The Morgan fingerprint density at radius 3 is 1.92 bits per heavy atom. The number of hydrogen-bond acceptors (Lipinski definition) is 1. The molecule has 0 rings (SSSR count). The zero-order chi connectivity index (χ0) is 9.99. The smallest absolute Gasteiger partial charge is 0.390 e. The van der Waals surface area contributed by atoms with Gasteiger partial charge in [-0.05, 0) is 26.7 Å². The highest BCUT2D eigenvalue weighted by Crippen LogP contribution is 2.30. The van der Waals surface area contributed by atoms with Gasteiger partial charge in [-0.2, -0.15) is 13.2 Å². The van der Waals surface area contributed by atoms with Gasteiger partial charge in [0.05, 0.1) is 11.5 Å². The van der Waals surface area contributed by atoms with Crippen molar-refractivity contribution in [2.24, 2.45) is 5.92 Å². The van der Waals surface area contributed by atoms with Crippen LogP contribution in [0.25, 0.3) is 0 Å². The van der Waals surface area contributed by atoms with E-state index in [0.29, 0.717) is 0 Å². The normalized spacial score (nSPS) is 16.2. The molecule has 0 bridgehead atoms. The first-order valence-corrected chi connectivity index (χ1v) is 3.92. The Bertz CT molecular complexity index is 134. The molecule has 0 aliphatic carbocycles. The van der Waals surface area contributed by atoms with Crippen molar-refractivity contribution in [2.45, 2.75) is 45.4 Å². The fourth-order valence-electron chi connectivity index (χ4n) is 0.733. The largest absolute Gasteiger partial charge is 0.391 e. The number of hydrogen-bond donors (Lipinski definition) is 1. The van der Waals surface area contributed by atoms with Crippen LogP contribution in [0.1, 0.15) is 33.6 Å². The first-order valence-electron chi connectivity index (χ1n) is 3.92. The lowest BCUT2D eigenvalue weighted by atomic mass is 9.96. The molecule has 0 aromatic carbocycles. The van der Waals surface area contributed by atoms with Crippen molar-refractivity contribution in [1.82, 2.24) is 0 Å². The third kappa shape index (κ3) is 5.41. The molecule has 0 amide bonds. The first-order chi connectivity index (χ1) is 5.13. The summed E-state index contributed by atoms with van der Waals surface area (Å²) in [6, 6.07) is 0. The molecule has 0 aromatic heterocycles. The van der Waals surface area contributed by atoms with Crippen LogP contribution in [0.4, 0.5) is 13.2 Å². The number of aliphatic hydroxyl groups is 1. The minimum atomic E-state index is -4.13. The van der Waals surface area contributed by atoms with E-state index in [1.807, 2.05) is 0 Å². The van der Waals surface area contributed by atoms with Crippen LogP contribution >= 0.6 is 0 Å². The van der Waals surface area contributed by atoms with Crippen LogP contribution in [0.3, 0.4) is 0 Å². The zero-order valence-corrected chi connectivity index (χ0v) is 7.57. The van der Waals surface area contributed by atoms with Gasteiger partial charge in [-0.25, -0.2) is 0 Å². The predicted octanol–water partition coefficient (Wildman–Crippen LogP) is 2.74. The molecule has 1 atom stereocenters. The van der Waals surface area contributed by atoms with Crippen molar-refractivity contribution >= 4 is 0 Å². The Balaban J connectivity index is 3.80. The van der Waals surface area contributed by atoms with Gasteiger partial charge in [0.15, 0.2) is 0 Å². The van der Waals surface area contributed by atoms with E-state index in [9.17, 15) is 13.2 Å². The maximum absolute atomic E-state index is 11.9. The van der Waals surface area contributed by atoms with Gasteiger partial charge in [0.25, 0.3) is 0 Å². The molecule has 0 spiro atoms. The second kappa shape index (κ2) is 3.64. The first kappa shape index (κ1) is 11.8. The van der Waals surface area contributed by atoms with E-state index >= 15 is 0 Å². The minimum absolute atomic E-state index is 0.0208. The quantitative estimate of drug-likeness (QED) is 0.715. The van der Waals surface area contributed by atoms with Gasteiger partial charge in [0.2, 0.25) is 0 Å². The van der Waals surface area contributed by atoms with Crippen molar-refractivity contribution < 1.29 is 18.3 Å². The summed E-state index contributed by atoms with van der Waals surface area (Å²) in [6.45, 7) is 4.15. The molecule has 1 N–H and O–H groups in total. The van der Waals surface area contributed by atoms with E-state index in [1.54, 1.807) is 0 Å². The lowest BCUT2D eigenvalue weighted by Gasteiger charge is -2.21. The van der Waals surface area contributed by atoms with Gasteiger partial charge in [-0.15, -0.1) is 0 Å². The van der Waals surface area contributed by atoms with Gasteiger partial charge >= 0.3 is 6.18 Å². The molecule has 74 valence electrons. The number of halogens is 3. The highest BCUT2D eigenvalue weighted by atomic mass is 19.4. The topological polar surface area (TPSA) is 20.2 Å². The summed E-state index contributed by atoms with van der Waals surface area (Å²) >= 11 is 0. The summed E-state index contributed by atoms with van der Waals surface area (Å²) in [6.07, 6.45) is -3.98. The molecule has 0 fully saturated rings. The second-order valence-electron chi connectivity index (χ2n) is 3.79. The summed E-state index contributed by atoms with van der Waals surface area (Å²) in [5, 5.41) is 9.16. The molecule has 0 saturated heterocycles. The van der Waals surface area contributed by atoms with Crippen LogP contribution in [0.2, 0.25) is 0 Å². The molecule has 0 heterocycles. The lowest BCUT2D eigenvalue weighted by molar-refractivity contribution is -0.173. The SMILES string of the molecule is CC(CCC(C)(C)O)C(F)(F)F. The van der Waals surface area contributed by atoms with Gasteiger partial charge in [0.1, 0.15) is 0 Å². The molecule has 0 saturated carbocycles. The van der Waals surface area contributed by atoms with Crippen LogP contribution in [-0.2, 0) is 0 Å². The van der Waals surface area contributed by atoms with Crippen molar-refractivity contribution in [3.63, 3.8) is 0 Å². The van der Waals surface area contributed by atoms with Crippen LogP contribution in [0, 0.1) is 5.92 Å². The van der Waals surface area contributed by atoms with Crippen molar-refractivity contribution in [2.75, 3.05) is 0 Å². The Hall–Kier alpha value is -0.250. The van der Waals surface area contributed by atoms with E-state index < -0.39 is 17.7 Å². The van der Waals surface area contributed by atoms with Crippen LogP contribution in [-0.4, -0.2) is 16.9 Å². The fraction of sp³-hybridized carbons (Fsp3) is 1.00. The molecular weight excluding hydrogens is 169 g/mol. The summed E-state index contributed by atoms with van der Waals surface area (Å²) in [4.78, 5) is 0. The average molecular weight is 184 g/mol. The van der Waals surface area contributed by atoms with E-state index in [2.05, 4.69) is 0 Å². The standard InChI is InChI=1S/C8H15F3O/c1-6(8(9,10)11)4-5-7(2,3)12/h6,12H,4-5H2,1-3H3. The second-order valence-corrected chi connectivity index (χ2v) is 3.79. The van der Waals surface area contributed by atoms with Gasteiger partial charge < -0.3 is 5.11 Å². The molecule has 1 unspecified atom stereocenters. The van der Waals surface area contributed by atoms with E-state index in [1.165, 1.54) is 13.8 Å². The third-order valence-corrected chi connectivity index (χ3v) is 1.75. The number of rotatable bonds is 3. The summed E-state index contributed by atoms with van der Waals surface area (Å²) in [7, 11) is 0. The van der Waals surface area contributed by atoms with E-state index in [0.717, 1.165) is 6.92 Å². The molecule has 0 radical (unpaired) electrons. The predicted molar refractivity (Wildman–Crippen MR) is 40.8 cm³/mol. The van der Waals surface area contributed by atoms with Crippen LogP contribution < -0.4 is 0 Å². The average Bonchev–Trinajstić information content (AvgIpc) is 1.78. The van der Waals surface area contributed by atoms with Gasteiger partial charge in [-0.1, -0.05) is 6.92 Å². The maximum Gasteiger partial charge on any atom is 0.391 e. The fourth-order valence-corrected chi connectivity index (χ4v) is 0.733. The van der Waals surface area contributed by atoms with Gasteiger partial charge in [0, 0.05) is 0 Å². The van der Waals surface area contributed by atoms with E-state index in [-0.39, 0.29) is 12.8 Å². The van der Waals surface area contributed by atoms with E-state index in [4.69, 9.17) is 5.11 Å². The maximum atomic E-state index is 11.9. The third-order valence-electron chi connectivity index (χ3n) is 1.75. The Kier molecular flexibility index (Phi) is 3.57. The molecule has 12 heavy (non-hydrogen) atoms. The lowest BCUT2D eigenvalue weighted by Crippen LogP contribution is -2.25. The minimum Gasteiger partial charge on any atom is -0.390 e. The van der Waals surface area contributed by atoms with Crippen molar-refractivity contribution in [3.8, 4) is 0 Å². The highest BCUT2D eigenvalue weighted by molar-refractivity contribution is 4.70. The highest BCUT2D eigenvalue weighted by Gasteiger charge is 2.36. The summed E-state index contributed by atoms with van der Waals surface area (Å²) in [5.74, 6) is -1.33. The Morgan fingerprint density at radius 1 is 1.25 bits per heavy atom. The monoisotopic (exact) mass is 184 g/mol. The van der Waals surface area contributed by atoms with Crippen molar-refractivity contribution in [1.29, 1.82) is 0 Å². The summed E-state index contributed by atoms with van der Waals surface area (Å²) < 4.78 is 35.8. The van der Waals surface area contributed by atoms with Crippen molar-refractivity contribution in [3.05, 3.63) is 0 Å².